The van der Waals surface area contributed by atoms with Crippen LogP contribution in [0.5, 0.6) is 0 Å². The summed E-state index contributed by atoms with van der Waals surface area (Å²) in [6.45, 7) is 9.44. The topological polar surface area (TPSA) is 40.6 Å². The summed E-state index contributed by atoms with van der Waals surface area (Å²) in [4.78, 5) is 28.5. The zero-order valence-corrected chi connectivity index (χ0v) is 13.1. The lowest BCUT2D eigenvalue weighted by molar-refractivity contribution is -0.143. The van der Waals surface area contributed by atoms with Crippen LogP contribution < -0.4 is 0 Å². The lowest BCUT2D eigenvalue weighted by Crippen LogP contribution is -2.47. The Morgan fingerprint density at radius 1 is 1.00 bits per heavy atom. The summed E-state index contributed by atoms with van der Waals surface area (Å²) in [6.07, 6.45) is 4.05. The van der Waals surface area contributed by atoms with Crippen molar-refractivity contribution in [2.75, 3.05) is 26.2 Å². The molecule has 2 aliphatic rings. The molecule has 0 aliphatic carbocycles. The second kappa shape index (κ2) is 6.59. The zero-order valence-electron chi connectivity index (χ0n) is 13.1. The number of piperidine rings is 2. The molecule has 4 heteroatoms. The quantitative estimate of drug-likeness (QED) is 0.777. The van der Waals surface area contributed by atoms with E-state index in [2.05, 4.69) is 11.8 Å². The van der Waals surface area contributed by atoms with E-state index in [1.807, 2.05) is 18.7 Å². The molecule has 2 heterocycles. The van der Waals surface area contributed by atoms with E-state index >= 15 is 0 Å². The Morgan fingerprint density at radius 2 is 1.65 bits per heavy atom. The fourth-order valence-electron chi connectivity index (χ4n) is 3.36. The molecule has 20 heavy (non-hydrogen) atoms. The van der Waals surface area contributed by atoms with Crippen molar-refractivity contribution in [3.63, 3.8) is 0 Å². The van der Waals surface area contributed by atoms with Crippen LogP contribution in [0.15, 0.2) is 0 Å². The van der Waals surface area contributed by atoms with Gasteiger partial charge in [-0.2, -0.15) is 0 Å². The molecular formula is C16H28N2O2. The summed E-state index contributed by atoms with van der Waals surface area (Å²) in [5.74, 6) is 1.38. The van der Waals surface area contributed by atoms with E-state index in [0.29, 0.717) is 11.8 Å². The van der Waals surface area contributed by atoms with Gasteiger partial charge in [0.25, 0.3) is 0 Å². The molecule has 0 spiro atoms. The van der Waals surface area contributed by atoms with E-state index in [9.17, 15) is 9.59 Å². The third-order valence-electron chi connectivity index (χ3n) is 4.62. The van der Waals surface area contributed by atoms with Crippen LogP contribution in [0, 0.1) is 17.8 Å². The minimum atomic E-state index is 0.0604. The molecule has 0 aromatic carbocycles. The molecule has 4 nitrogen and oxygen atoms in total. The Kier molecular flexibility index (Phi) is 5.06. The van der Waals surface area contributed by atoms with Crippen LogP contribution in [0.4, 0.5) is 0 Å². The molecule has 0 aromatic heterocycles. The maximum absolute atomic E-state index is 12.5. The van der Waals surface area contributed by atoms with Gasteiger partial charge in [-0.1, -0.05) is 20.8 Å². The van der Waals surface area contributed by atoms with Crippen LogP contribution in [0.25, 0.3) is 0 Å². The first-order valence-corrected chi connectivity index (χ1v) is 8.06. The normalized spacial score (nSPS) is 25.1. The van der Waals surface area contributed by atoms with Crippen LogP contribution >= 0.6 is 0 Å². The predicted molar refractivity (Wildman–Crippen MR) is 79.1 cm³/mol. The van der Waals surface area contributed by atoms with Crippen molar-refractivity contribution in [3.8, 4) is 0 Å². The highest BCUT2D eigenvalue weighted by Gasteiger charge is 2.32. The van der Waals surface area contributed by atoms with Crippen LogP contribution in [-0.4, -0.2) is 47.8 Å². The lowest BCUT2D eigenvalue weighted by Gasteiger charge is -2.37. The van der Waals surface area contributed by atoms with Gasteiger partial charge < -0.3 is 9.80 Å². The number of carbonyl (C=O) groups is 2. The molecule has 0 saturated carbocycles. The van der Waals surface area contributed by atoms with Crippen molar-refractivity contribution in [1.29, 1.82) is 0 Å². The molecule has 1 unspecified atom stereocenters. The van der Waals surface area contributed by atoms with E-state index in [1.54, 1.807) is 0 Å². The average molecular weight is 280 g/mol. The van der Waals surface area contributed by atoms with E-state index in [4.69, 9.17) is 0 Å². The highest BCUT2D eigenvalue weighted by atomic mass is 16.2. The largest absolute Gasteiger partial charge is 0.342 e. The monoisotopic (exact) mass is 280 g/mol. The number of nitrogens with zero attached hydrogens (tertiary/aromatic N) is 2. The number of hydrogen-bond acceptors (Lipinski definition) is 2. The Balaban J connectivity index is 1.84. The second-order valence-corrected chi connectivity index (χ2v) is 6.79. The molecule has 2 rings (SSSR count). The summed E-state index contributed by atoms with van der Waals surface area (Å²) < 4.78 is 0. The first-order valence-electron chi connectivity index (χ1n) is 8.06. The molecule has 0 N–H and O–H groups in total. The van der Waals surface area contributed by atoms with Crippen molar-refractivity contribution in [2.24, 2.45) is 17.8 Å². The van der Waals surface area contributed by atoms with Crippen molar-refractivity contribution < 1.29 is 9.59 Å². The third kappa shape index (κ3) is 3.53. The van der Waals surface area contributed by atoms with Crippen molar-refractivity contribution in [3.05, 3.63) is 0 Å². The highest BCUT2D eigenvalue weighted by molar-refractivity contribution is 5.81. The van der Waals surface area contributed by atoms with Crippen molar-refractivity contribution in [1.82, 2.24) is 9.80 Å². The van der Waals surface area contributed by atoms with Gasteiger partial charge in [-0.15, -0.1) is 0 Å². The minimum Gasteiger partial charge on any atom is -0.342 e. The van der Waals surface area contributed by atoms with Crippen LogP contribution in [0.3, 0.4) is 0 Å². The van der Waals surface area contributed by atoms with Gasteiger partial charge in [-0.05, 0) is 31.6 Å². The molecule has 0 bridgehead atoms. The fraction of sp³-hybridized carbons (Fsp3) is 0.875. The maximum atomic E-state index is 12.5. The fourth-order valence-corrected chi connectivity index (χ4v) is 3.36. The van der Waals surface area contributed by atoms with Gasteiger partial charge >= 0.3 is 0 Å². The summed E-state index contributed by atoms with van der Waals surface area (Å²) in [6, 6.07) is 0. The Morgan fingerprint density at radius 3 is 2.20 bits per heavy atom. The van der Waals surface area contributed by atoms with E-state index in [0.717, 1.165) is 45.4 Å². The number of amides is 2. The summed E-state index contributed by atoms with van der Waals surface area (Å²) in [5, 5.41) is 0. The van der Waals surface area contributed by atoms with Crippen LogP contribution in [0.2, 0.25) is 0 Å². The molecular weight excluding hydrogens is 252 g/mol. The van der Waals surface area contributed by atoms with E-state index in [-0.39, 0.29) is 17.7 Å². The Bertz CT molecular complexity index is 359. The standard InChI is InChI=1S/C16H28N2O2/c1-12(2)15(19)17-9-6-14(7-10-17)16(20)18-8-4-5-13(3)11-18/h12-14H,4-11H2,1-3H3. The molecule has 2 amide bonds. The highest BCUT2D eigenvalue weighted by Crippen LogP contribution is 2.24. The maximum Gasteiger partial charge on any atom is 0.225 e. The average Bonchev–Trinajstić information content (AvgIpc) is 2.46. The molecule has 2 fully saturated rings. The van der Waals surface area contributed by atoms with Gasteiger partial charge in [0.05, 0.1) is 0 Å². The second-order valence-electron chi connectivity index (χ2n) is 6.79. The number of carbonyl (C=O) groups excluding carboxylic acids is 2. The first kappa shape index (κ1) is 15.3. The van der Waals surface area contributed by atoms with Gasteiger partial charge in [-0.3, -0.25) is 9.59 Å². The molecule has 1 atom stereocenters. The predicted octanol–water partition coefficient (Wildman–Crippen LogP) is 2.14. The minimum absolute atomic E-state index is 0.0604. The molecule has 0 aromatic rings. The number of likely N-dealkylation sites (tertiary alicyclic amines) is 2. The Hall–Kier alpha value is -1.06. The zero-order chi connectivity index (χ0) is 14.7. The van der Waals surface area contributed by atoms with Gasteiger partial charge in [0.15, 0.2) is 0 Å². The van der Waals surface area contributed by atoms with Gasteiger partial charge in [0.1, 0.15) is 0 Å². The van der Waals surface area contributed by atoms with Crippen molar-refractivity contribution in [2.45, 2.75) is 46.5 Å². The molecule has 114 valence electrons. The van der Waals surface area contributed by atoms with E-state index < -0.39 is 0 Å². The number of hydrogen-bond donors (Lipinski definition) is 0. The van der Waals surface area contributed by atoms with Gasteiger partial charge in [-0.25, -0.2) is 0 Å². The lowest BCUT2D eigenvalue weighted by atomic mass is 9.92. The van der Waals surface area contributed by atoms with Gasteiger partial charge in [0, 0.05) is 38.0 Å². The Labute approximate surface area is 122 Å². The van der Waals surface area contributed by atoms with Gasteiger partial charge in [0.2, 0.25) is 11.8 Å². The van der Waals surface area contributed by atoms with Crippen LogP contribution in [-0.2, 0) is 9.59 Å². The van der Waals surface area contributed by atoms with Crippen molar-refractivity contribution >= 4 is 11.8 Å². The molecule has 2 aliphatic heterocycles. The summed E-state index contributed by atoms with van der Waals surface area (Å²) in [5.41, 5.74) is 0. The molecule has 0 radical (unpaired) electrons. The van der Waals surface area contributed by atoms with E-state index in [1.165, 1.54) is 6.42 Å². The van der Waals surface area contributed by atoms with Crippen LogP contribution in [0.1, 0.15) is 46.5 Å². The third-order valence-corrected chi connectivity index (χ3v) is 4.62. The molecule has 2 saturated heterocycles. The first-order chi connectivity index (χ1) is 9.49. The SMILES string of the molecule is CC1CCCN(C(=O)C2CCN(C(=O)C(C)C)CC2)C1. The number of rotatable bonds is 2. The summed E-state index contributed by atoms with van der Waals surface area (Å²) >= 11 is 0. The summed E-state index contributed by atoms with van der Waals surface area (Å²) in [7, 11) is 0. The smallest absolute Gasteiger partial charge is 0.225 e.